The van der Waals surface area contributed by atoms with Gasteiger partial charge in [0.1, 0.15) is 11.6 Å². The maximum atomic E-state index is 13.5. The van der Waals surface area contributed by atoms with Crippen LogP contribution in [0.1, 0.15) is 46.3 Å². The molecule has 1 aliphatic heterocycles. The molecule has 5 rings (SSSR count). The molecule has 0 radical (unpaired) electrons. The molecule has 1 aliphatic rings. The van der Waals surface area contributed by atoms with E-state index in [1.54, 1.807) is 19.1 Å². The quantitative estimate of drug-likeness (QED) is 0.301. The Hall–Kier alpha value is -3.96. The predicted octanol–water partition coefficient (Wildman–Crippen LogP) is 6.37. The Morgan fingerprint density at radius 1 is 0.974 bits per heavy atom. The number of halogens is 1. The molecular formula is C33H33FN2O2. The van der Waals surface area contributed by atoms with Crippen molar-refractivity contribution < 1.29 is 13.9 Å². The molecule has 0 saturated heterocycles. The topological polar surface area (TPSA) is 41.6 Å². The second-order valence-electron chi connectivity index (χ2n) is 9.99. The van der Waals surface area contributed by atoms with Gasteiger partial charge in [0.25, 0.3) is 5.91 Å². The molecule has 38 heavy (non-hydrogen) atoms. The van der Waals surface area contributed by atoms with E-state index < -0.39 is 6.10 Å². The molecule has 0 spiro atoms. The van der Waals surface area contributed by atoms with Gasteiger partial charge in [-0.15, -0.1) is 0 Å². The van der Waals surface area contributed by atoms with Crippen LogP contribution in [0.15, 0.2) is 97.1 Å². The van der Waals surface area contributed by atoms with Gasteiger partial charge in [-0.1, -0.05) is 78.4 Å². The number of fused-ring (bicyclic) bond motifs is 1. The van der Waals surface area contributed by atoms with Crippen molar-refractivity contribution in [1.82, 2.24) is 10.2 Å². The number of aryl methyl sites for hydroxylation is 1. The zero-order valence-electron chi connectivity index (χ0n) is 21.9. The molecule has 1 heterocycles. The van der Waals surface area contributed by atoms with Gasteiger partial charge in [0.05, 0.1) is 6.04 Å². The fourth-order valence-corrected chi connectivity index (χ4v) is 5.20. The zero-order valence-corrected chi connectivity index (χ0v) is 21.9. The molecule has 1 N–H and O–H groups in total. The average Bonchev–Trinajstić information content (AvgIpc) is 2.92. The fraction of sp³-hybridized carbons (Fsp3) is 0.242. The van der Waals surface area contributed by atoms with Gasteiger partial charge < -0.3 is 10.1 Å². The smallest absolute Gasteiger partial charge is 0.261 e. The van der Waals surface area contributed by atoms with Crippen molar-refractivity contribution in [3.8, 4) is 5.75 Å². The first kappa shape index (κ1) is 25.7. The average molecular weight is 509 g/mol. The molecule has 0 fully saturated rings. The van der Waals surface area contributed by atoms with Crippen LogP contribution in [-0.2, 0) is 24.3 Å². The number of hydrogen-bond donors (Lipinski definition) is 1. The number of amides is 1. The van der Waals surface area contributed by atoms with Gasteiger partial charge in [0.2, 0.25) is 0 Å². The minimum absolute atomic E-state index is 0.0844. The van der Waals surface area contributed by atoms with E-state index >= 15 is 0 Å². The largest absolute Gasteiger partial charge is 0.481 e. The van der Waals surface area contributed by atoms with Crippen molar-refractivity contribution in [3.63, 3.8) is 0 Å². The molecular weight excluding hydrogens is 475 g/mol. The molecule has 4 nitrogen and oxygen atoms in total. The summed E-state index contributed by atoms with van der Waals surface area (Å²) < 4.78 is 19.6. The number of ether oxygens (including phenoxy) is 1. The molecule has 1 amide bonds. The summed E-state index contributed by atoms with van der Waals surface area (Å²) in [5.41, 5.74) is 7.01. The summed E-state index contributed by atoms with van der Waals surface area (Å²) in [6.07, 6.45) is 0.262. The summed E-state index contributed by atoms with van der Waals surface area (Å²) in [5.74, 6) is 0.0997. The first-order valence-corrected chi connectivity index (χ1v) is 13.1. The molecule has 5 heteroatoms. The van der Waals surface area contributed by atoms with Crippen LogP contribution < -0.4 is 10.1 Å². The normalized spacial score (nSPS) is 15.9. The minimum Gasteiger partial charge on any atom is -0.481 e. The molecule has 2 atom stereocenters. The highest BCUT2D eigenvalue weighted by atomic mass is 19.1. The van der Waals surface area contributed by atoms with E-state index in [1.807, 2.05) is 12.1 Å². The summed E-state index contributed by atoms with van der Waals surface area (Å²) in [7, 11) is 0. The van der Waals surface area contributed by atoms with Crippen LogP contribution in [0.4, 0.5) is 4.39 Å². The maximum Gasteiger partial charge on any atom is 0.261 e. The Balaban J connectivity index is 1.35. The van der Waals surface area contributed by atoms with Gasteiger partial charge in [-0.2, -0.15) is 0 Å². The molecule has 0 unspecified atom stereocenters. The van der Waals surface area contributed by atoms with Crippen molar-refractivity contribution >= 4 is 5.91 Å². The molecule has 194 valence electrons. The number of carbonyl (C=O) groups excluding carboxylic acids is 1. The number of carbonyl (C=O) groups is 1. The van der Waals surface area contributed by atoms with E-state index in [-0.39, 0.29) is 24.3 Å². The van der Waals surface area contributed by atoms with E-state index in [9.17, 15) is 9.18 Å². The minimum atomic E-state index is -0.691. The SMILES string of the molecule is Cc1cccc(CN2CCc3ccc(O[C@@H](C)C(=O)NCc4cccc(F)c4)cc3[C@@H]2c2ccccc2)c1. The van der Waals surface area contributed by atoms with Gasteiger partial charge in [0.15, 0.2) is 6.10 Å². The highest BCUT2D eigenvalue weighted by molar-refractivity contribution is 5.80. The van der Waals surface area contributed by atoms with Crippen molar-refractivity contribution in [2.75, 3.05) is 6.54 Å². The van der Waals surface area contributed by atoms with E-state index in [2.05, 4.69) is 77.8 Å². The molecule has 0 saturated carbocycles. The zero-order chi connectivity index (χ0) is 26.5. The number of benzene rings is 4. The van der Waals surface area contributed by atoms with Gasteiger partial charge in [-0.3, -0.25) is 9.69 Å². The summed E-state index contributed by atoms with van der Waals surface area (Å²) in [5, 5.41) is 2.84. The molecule has 4 aromatic rings. The Kier molecular flexibility index (Phi) is 7.85. The lowest BCUT2D eigenvalue weighted by molar-refractivity contribution is -0.127. The maximum absolute atomic E-state index is 13.5. The lowest BCUT2D eigenvalue weighted by atomic mass is 9.87. The fourth-order valence-electron chi connectivity index (χ4n) is 5.20. The van der Waals surface area contributed by atoms with Crippen LogP contribution in [0, 0.1) is 12.7 Å². The van der Waals surface area contributed by atoms with Crippen LogP contribution in [0.3, 0.4) is 0 Å². The number of rotatable bonds is 8. The second-order valence-corrected chi connectivity index (χ2v) is 9.99. The third kappa shape index (κ3) is 6.12. The summed E-state index contributed by atoms with van der Waals surface area (Å²) >= 11 is 0. The Bertz CT molecular complexity index is 1410. The second kappa shape index (κ2) is 11.6. The van der Waals surface area contributed by atoms with E-state index in [0.717, 1.165) is 19.5 Å². The van der Waals surface area contributed by atoms with Crippen LogP contribution in [0.5, 0.6) is 5.75 Å². The monoisotopic (exact) mass is 508 g/mol. The number of hydrogen-bond acceptors (Lipinski definition) is 3. The van der Waals surface area contributed by atoms with Crippen molar-refractivity contribution in [1.29, 1.82) is 0 Å². The Labute approximate surface area is 224 Å². The van der Waals surface area contributed by atoms with Crippen molar-refractivity contribution in [2.24, 2.45) is 0 Å². The van der Waals surface area contributed by atoms with Gasteiger partial charge in [-0.05, 0) is 72.4 Å². The highest BCUT2D eigenvalue weighted by Crippen LogP contribution is 2.38. The number of nitrogens with zero attached hydrogens (tertiary/aromatic N) is 1. The number of nitrogens with one attached hydrogen (secondary N) is 1. The first-order valence-electron chi connectivity index (χ1n) is 13.1. The highest BCUT2D eigenvalue weighted by Gasteiger charge is 2.29. The summed E-state index contributed by atoms with van der Waals surface area (Å²) in [6.45, 7) is 5.92. The van der Waals surface area contributed by atoms with Gasteiger partial charge in [0, 0.05) is 19.6 Å². The van der Waals surface area contributed by atoms with E-state index in [1.165, 1.54) is 39.9 Å². The van der Waals surface area contributed by atoms with Crippen LogP contribution in [0.2, 0.25) is 0 Å². The Morgan fingerprint density at radius 3 is 2.55 bits per heavy atom. The van der Waals surface area contributed by atoms with Crippen LogP contribution >= 0.6 is 0 Å². The summed E-state index contributed by atoms with van der Waals surface area (Å²) in [6, 6.07) is 31.7. The summed E-state index contributed by atoms with van der Waals surface area (Å²) in [4.78, 5) is 15.2. The van der Waals surface area contributed by atoms with Gasteiger partial charge >= 0.3 is 0 Å². The predicted molar refractivity (Wildman–Crippen MR) is 148 cm³/mol. The lowest BCUT2D eigenvalue weighted by Crippen LogP contribution is -2.37. The third-order valence-corrected chi connectivity index (χ3v) is 7.07. The lowest BCUT2D eigenvalue weighted by Gasteiger charge is -2.38. The van der Waals surface area contributed by atoms with Crippen molar-refractivity contribution in [2.45, 2.75) is 45.5 Å². The van der Waals surface area contributed by atoms with E-state index in [4.69, 9.17) is 4.74 Å². The molecule has 0 aromatic heterocycles. The first-order chi connectivity index (χ1) is 18.5. The van der Waals surface area contributed by atoms with Crippen LogP contribution in [-0.4, -0.2) is 23.5 Å². The van der Waals surface area contributed by atoms with Gasteiger partial charge in [-0.25, -0.2) is 4.39 Å². The third-order valence-electron chi connectivity index (χ3n) is 7.07. The molecule has 0 aliphatic carbocycles. The van der Waals surface area contributed by atoms with E-state index in [0.29, 0.717) is 11.3 Å². The standard InChI is InChI=1S/C33H33FN2O2/c1-23-8-6-10-26(18-23)22-36-17-16-27-14-15-30(20-31(27)32(36)28-11-4-3-5-12-28)38-24(2)33(37)35-21-25-9-7-13-29(34)19-25/h3-15,18-20,24,32H,16-17,21-22H2,1-2H3,(H,35,37)/t24-,32-/m0/s1. The molecule has 4 aromatic carbocycles. The Morgan fingerprint density at radius 2 is 1.76 bits per heavy atom. The van der Waals surface area contributed by atoms with Crippen molar-refractivity contribution in [3.05, 3.63) is 136 Å². The van der Waals surface area contributed by atoms with Crippen LogP contribution in [0.25, 0.3) is 0 Å². The molecule has 0 bridgehead atoms.